The van der Waals surface area contributed by atoms with Crippen molar-refractivity contribution in [3.63, 3.8) is 0 Å². The number of hydrogen-bond acceptors (Lipinski definition) is 5. The highest BCUT2D eigenvalue weighted by molar-refractivity contribution is 7.14. The van der Waals surface area contributed by atoms with Crippen molar-refractivity contribution in [1.29, 1.82) is 0 Å². The molecule has 0 unspecified atom stereocenters. The van der Waals surface area contributed by atoms with Crippen LogP contribution in [0.15, 0.2) is 58.5 Å². The van der Waals surface area contributed by atoms with Gasteiger partial charge in [-0.25, -0.2) is 4.98 Å². The third-order valence-electron chi connectivity index (χ3n) is 4.69. The molecule has 1 fully saturated rings. The first kappa shape index (κ1) is 17.5. The van der Waals surface area contributed by atoms with Gasteiger partial charge in [0.2, 0.25) is 5.91 Å². The van der Waals surface area contributed by atoms with Crippen LogP contribution in [0.5, 0.6) is 0 Å². The molecule has 3 heterocycles. The number of aromatic nitrogens is 1. The molecule has 27 heavy (non-hydrogen) atoms. The van der Waals surface area contributed by atoms with E-state index in [-0.39, 0.29) is 17.7 Å². The standard InChI is InChI=1S/C20H19N3O3S/c24-18(22-20-21-16(13-27-20)14-5-2-1-3-6-14)15-8-10-23(11-9-15)19(25)17-7-4-12-26-17/h1-7,12-13,15H,8-11H2,(H,21,22,24). The van der Waals surface area contributed by atoms with Crippen LogP contribution in [0.1, 0.15) is 23.4 Å². The van der Waals surface area contributed by atoms with Crippen LogP contribution < -0.4 is 5.32 Å². The van der Waals surface area contributed by atoms with E-state index >= 15 is 0 Å². The summed E-state index contributed by atoms with van der Waals surface area (Å²) in [4.78, 5) is 31.1. The van der Waals surface area contributed by atoms with Gasteiger partial charge in [0.15, 0.2) is 10.9 Å². The molecule has 4 rings (SSSR count). The lowest BCUT2D eigenvalue weighted by Crippen LogP contribution is -2.41. The molecule has 2 aromatic heterocycles. The Balaban J connectivity index is 1.32. The fourth-order valence-electron chi connectivity index (χ4n) is 3.18. The van der Waals surface area contributed by atoms with Crippen molar-refractivity contribution in [3.05, 3.63) is 59.9 Å². The van der Waals surface area contributed by atoms with Gasteiger partial charge in [0, 0.05) is 30.0 Å². The third kappa shape index (κ3) is 3.93. The Bertz CT molecular complexity index is 913. The first-order valence-electron chi connectivity index (χ1n) is 8.85. The predicted molar refractivity (Wildman–Crippen MR) is 104 cm³/mol. The van der Waals surface area contributed by atoms with Gasteiger partial charge in [-0.05, 0) is 25.0 Å². The summed E-state index contributed by atoms with van der Waals surface area (Å²) in [5, 5.41) is 5.46. The number of thiazole rings is 1. The van der Waals surface area contributed by atoms with Gasteiger partial charge in [0.05, 0.1) is 12.0 Å². The van der Waals surface area contributed by atoms with Crippen molar-refractivity contribution in [3.8, 4) is 11.3 Å². The van der Waals surface area contributed by atoms with E-state index in [9.17, 15) is 9.59 Å². The Morgan fingerprint density at radius 2 is 1.89 bits per heavy atom. The maximum absolute atomic E-state index is 12.6. The number of nitrogens with zero attached hydrogens (tertiary/aromatic N) is 2. The fraction of sp³-hybridized carbons (Fsp3) is 0.250. The smallest absolute Gasteiger partial charge is 0.289 e. The van der Waals surface area contributed by atoms with Crippen molar-refractivity contribution in [2.45, 2.75) is 12.8 Å². The zero-order valence-corrected chi connectivity index (χ0v) is 15.4. The molecule has 138 valence electrons. The summed E-state index contributed by atoms with van der Waals surface area (Å²) in [6.45, 7) is 1.09. The van der Waals surface area contributed by atoms with E-state index in [1.54, 1.807) is 17.0 Å². The number of anilines is 1. The minimum atomic E-state index is -0.119. The second kappa shape index (κ2) is 7.75. The second-order valence-corrected chi connectivity index (χ2v) is 7.30. The van der Waals surface area contributed by atoms with Crippen molar-refractivity contribution < 1.29 is 14.0 Å². The molecule has 3 aromatic rings. The van der Waals surface area contributed by atoms with Crippen molar-refractivity contribution in [2.24, 2.45) is 5.92 Å². The largest absolute Gasteiger partial charge is 0.459 e. The summed E-state index contributed by atoms with van der Waals surface area (Å²) in [6.07, 6.45) is 2.76. The Kier molecular flexibility index (Phi) is 5.02. The van der Waals surface area contributed by atoms with E-state index in [2.05, 4.69) is 10.3 Å². The highest BCUT2D eigenvalue weighted by Gasteiger charge is 2.29. The van der Waals surface area contributed by atoms with Crippen LogP contribution in [-0.4, -0.2) is 34.8 Å². The van der Waals surface area contributed by atoms with E-state index in [1.807, 2.05) is 35.7 Å². The van der Waals surface area contributed by atoms with Crippen LogP contribution in [-0.2, 0) is 4.79 Å². The lowest BCUT2D eigenvalue weighted by atomic mass is 9.96. The van der Waals surface area contributed by atoms with Gasteiger partial charge in [-0.15, -0.1) is 11.3 Å². The maximum Gasteiger partial charge on any atom is 0.289 e. The maximum atomic E-state index is 12.6. The first-order valence-corrected chi connectivity index (χ1v) is 9.73. The van der Waals surface area contributed by atoms with Crippen molar-refractivity contribution in [2.75, 3.05) is 18.4 Å². The molecule has 0 aliphatic carbocycles. The van der Waals surface area contributed by atoms with Gasteiger partial charge in [-0.1, -0.05) is 30.3 Å². The topological polar surface area (TPSA) is 75.4 Å². The monoisotopic (exact) mass is 381 g/mol. The van der Waals surface area contributed by atoms with E-state index in [4.69, 9.17) is 4.42 Å². The molecule has 1 aliphatic rings. The average Bonchev–Trinajstić information content (AvgIpc) is 3.40. The van der Waals surface area contributed by atoms with Gasteiger partial charge < -0.3 is 14.6 Å². The predicted octanol–water partition coefficient (Wildman–Crippen LogP) is 3.89. The molecule has 1 aliphatic heterocycles. The van der Waals surface area contributed by atoms with Crippen LogP contribution in [0.25, 0.3) is 11.3 Å². The van der Waals surface area contributed by atoms with E-state index < -0.39 is 0 Å². The second-order valence-electron chi connectivity index (χ2n) is 6.44. The Hall–Kier alpha value is -2.93. The summed E-state index contributed by atoms with van der Waals surface area (Å²) >= 11 is 1.42. The van der Waals surface area contributed by atoms with Crippen LogP contribution in [0.2, 0.25) is 0 Å². The van der Waals surface area contributed by atoms with Gasteiger partial charge in [0.25, 0.3) is 5.91 Å². The molecule has 1 aromatic carbocycles. The van der Waals surface area contributed by atoms with E-state index in [1.165, 1.54) is 17.6 Å². The lowest BCUT2D eigenvalue weighted by Gasteiger charge is -2.30. The van der Waals surface area contributed by atoms with Crippen molar-refractivity contribution in [1.82, 2.24) is 9.88 Å². The van der Waals surface area contributed by atoms with E-state index in [0.29, 0.717) is 36.8 Å². The lowest BCUT2D eigenvalue weighted by molar-refractivity contribution is -0.121. The molecule has 7 heteroatoms. The fourth-order valence-corrected chi connectivity index (χ4v) is 3.90. The molecular formula is C20H19N3O3S. The minimum Gasteiger partial charge on any atom is -0.459 e. The molecule has 1 saturated heterocycles. The molecule has 0 spiro atoms. The molecule has 0 bridgehead atoms. The Labute approximate surface area is 160 Å². The number of hydrogen-bond donors (Lipinski definition) is 1. The summed E-state index contributed by atoms with van der Waals surface area (Å²) in [7, 11) is 0. The minimum absolute atomic E-state index is 0.0333. The van der Waals surface area contributed by atoms with Crippen LogP contribution >= 0.6 is 11.3 Å². The van der Waals surface area contributed by atoms with Gasteiger partial charge in [-0.2, -0.15) is 0 Å². The number of benzene rings is 1. The van der Waals surface area contributed by atoms with Crippen LogP contribution in [0, 0.1) is 5.92 Å². The summed E-state index contributed by atoms with van der Waals surface area (Å²) in [5.41, 5.74) is 1.88. The molecular weight excluding hydrogens is 362 g/mol. The number of piperidine rings is 1. The zero-order chi connectivity index (χ0) is 18.6. The van der Waals surface area contributed by atoms with E-state index in [0.717, 1.165) is 11.3 Å². The van der Waals surface area contributed by atoms with Gasteiger partial charge >= 0.3 is 0 Å². The molecule has 0 atom stereocenters. The first-order chi connectivity index (χ1) is 13.2. The Morgan fingerprint density at radius 3 is 2.59 bits per heavy atom. The van der Waals surface area contributed by atoms with Gasteiger partial charge in [0.1, 0.15) is 0 Å². The number of likely N-dealkylation sites (tertiary alicyclic amines) is 1. The zero-order valence-electron chi connectivity index (χ0n) is 14.6. The molecule has 6 nitrogen and oxygen atoms in total. The molecule has 0 saturated carbocycles. The van der Waals surface area contributed by atoms with Crippen molar-refractivity contribution >= 4 is 28.3 Å². The van der Waals surface area contributed by atoms with Crippen LogP contribution in [0.4, 0.5) is 5.13 Å². The average molecular weight is 381 g/mol. The molecule has 1 N–H and O–H groups in total. The Morgan fingerprint density at radius 1 is 1.11 bits per heavy atom. The third-order valence-corrected chi connectivity index (χ3v) is 5.45. The number of furan rings is 1. The quantitative estimate of drug-likeness (QED) is 0.744. The summed E-state index contributed by atoms with van der Waals surface area (Å²) in [5.74, 6) is 0.0733. The molecule has 2 amide bonds. The number of nitrogens with one attached hydrogen (secondary N) is 1. The highest BCUT2D eigenvalue weighted by atomic mass is 32.1. The SMILES string of the molecule is O=C(Nc1nc(-c2ccccc2)cs1)C1CCN(C(=O)c2ccco2)CC1. The normalized spacial score (nSPS) is 14.9. The van der Waals surface area contributed by atoms with Crippen LogP contribution in [0.3, 0.4) is 0 Å². The number of carbonyl (C=O) groups is 2. The number of carbonyl (C=O) groups excluding carboxylic acids is 2. The number of amides is 2. The summed E-state index contributed by atoms with van der Waals surface area (Å²) in [6, 6.07) is 13.2. The summed E-state index contributed by atoms with van der Waals surface area (Å²) < 4.78 is 5.16. The molecule has 0 radical (unpaired) electrons. The van der Waals surface area contributed by atoms with Gasteiger partial charge in [-0.3, -0.25) is 9.59 Å². The highest BCUT2D eigenvalue weighted by Crippen LogP contribution is 2.26. The number of rotatable bonds is 4.